The fourth-order valence-electron chi connectivity index (χ4n) is 3.24. The lowest BCUT2D eigenvalue weighted by molar-refractivity contribution is -0.148. The van der Waals surface area contributed by atoms with Crippen molar-refractivity contribution < 1.29 is 27.9 Å². The van der Waals surface area contributed by atoms with E-state index in [0.29, 0.717) is 11.4 Å². The Labute approximate surface area is 180 Å². The van der Waals surface area contributed by atoms with Gasteiger partial charge in [-0.15, -0.1) is 0 Å². The van der Waals surface area contributed by atoms with Crippen LogP contribution >= 0.6 is 11.6 Å². The molecule has 0 fully saturated rings. The number of fused-ring (bicyclic) bond motifs is 1. The van der Waals surface area contributed by atoms with Gasteiger partial charge in [0.15, 0.2) is 0 Å². The molecule has 1 aromatic heterocycles. The average molecular weight is 454 g/mol. The van der Waals surface area contributed by atoms with E-state index >= 15 is 0 Å². The van der Waals surface area contributed by atoms with Crippen LogP contribution < -0.4 is 0 Å². The zero-order valence-electron chi connectivity index (χ0n) is 16.3. The number of aliphatic carboxylic acids is 1. The van der Waals surface area contributed by atoms with Crippen LogP contribution in [0.5, 0.6) is 0 Å². The lowest BCUT2D eigenvalue weighted by Crippen LogP contribution is -2.37. The molecule has 0 aliphatic heterocycles. The lowest BCUT2D eigenvalue weighted by Gasteiger charge is -2.23. The average Bonchev–Trinajstić information content (AvgIpc) is 3.07. The summed E-state index contributed by atoms with van der Waals surface area (Å²) in [6.07, 6.45) is -4.69. The molecule has 1 heterocycles. The number of benzene rings is 2. The van der Waals surface area contributed by atoms with Crippen LogP contribution in [0, 0.1) is 0 Å². The second-order valence-corrected chi connectivity index (χ2v) is 7.35. The first-order valence-corrected chi connectivity index (χ1v) is 9.79. The zero-order valence-corrected chi connectivity index (χ0v) is 17.0. The van der Waals surface area contributed by atoms with Crippen LogP contribution in [0.1, 0.15) is 17.8 Å². The first-order chi connectivity index (χ1) is 14.6. The number of hydrogen-bond acceptors (Lipinski definition) is 3. The van der Waals surface area contributed by atoms with Gasteiger partial charge < -0.3 is 14.6 Å². The molecular weight excluding hydrogens is 435 g/mol. The standard InChI is InChI=1S/C21H19ClF3N3O3/c22-15-5-3-4-14(12-15)8-10-27(11-9-19(30)31)18(29)13-28-17-7-2-1-6-16(17)26-20(28)21(23,24)25/h1-7,12H,8-11,13H2,(H,30,31). The number of imidazole rings is 1. The van der Waals surface area contributed by atoms with Gasteiger partial charge in [-0.05, 0) is 36.2 Å². The van der Waals surface area contributed by atoms with E-state index in [1.165, 1.54) is 17.0 Å². The highest BCUT2D eigenvalue weighted by Crippen LogP contribution is 2.31. The first-order valence-electron chi connectivity index (χ1n) is 9.41. The summed E-state index contributed by atoms with van der Waals surface area (Å²) in [7, 11) is 0. The molecule has 3 rings (SSSR count). The molecule has 0 spiro atoms. The number of hydrogen-bond donors (Lipinski definition) is 1. The van der Waals surface area contributed by atoms with Gasteiger partial charge in [0.25, 0.3) is 0 Å². The van der Waals surface area contributed by atoms with Crippen molar-refractivity contribution in [3.05, 3.63) is 64.9 Å². The number of alkyl halides is 3. The Balaban J connectivity index is 1.85. The van der Waals surface area contributed by atoms with Crippen LogP contribution in [-0.2, 0) is 28.7 Å². The summed E-state index contributed by atoms with van der Waals surface area (Å²) in [6, 6.07) is 13.0. The number of amides is 1. The van der Waals surface area contributed by atoms with Gasteiger partial charge in [0.05, 0.1) is 17.5 Å². The van der Waals surface area contributed by atoms with Gasteiger partial charge in [-0.2, -0.15) is 13.2 Å². The fourth-order valence-corrected chi connectivity index (χ4v) is 3.45. The molecule has 1 N–H and O–H groups in total. The normalized spacial score (nSPS) is 11.6. The number of carboxylic acid groups (broad SMARTS) is 1. The van der Waals surface area contributed by atoms with Gasteiger partial charge in [0.1, 0.15) is 6.54 Å². The van der Waals surface area contributed by atoms with Crippen LogP contribution in [0.4, 0.5) is 13.2 Å². The maximum absolute atomic E-state index is 13.5. The largest absolute Gasteiger partial charge is 0.481 e. The molecular formula is C21H19ClF3N3O3. The number of rotatable bonds is 8. The van der Waals surface area contributed by atoms with Crippen LogP contribution in [0.15, 0.2) is 48.5 Å². The van der Waals surface area contributed by atoms with Gasteiger partial charge in [0.2, 0.25) is 11.7 Å². The summed E-state index contributed by atoms with van der Waals surface area (Å²) < 4.78 is 41.3. The number of carboxylic acids is 1. The fraction of sp³-hybridized carbons (Fsp3) is 0.286. The predicted octanol–water partition coefficient (Wildman–Crippen LogP) is 4.25. The molecule has 0 unspecified atom stereocenters. The molecule has 0 aliphatic rings. The van der Waals surface area contributed by atoms with Crippen molar-refractivity contribution in [3.8, 4) is 0 Å². The van der Waals surface area contributed by atoms with Crippen molar-refractivity contribution in [2.75, 3.05) is 13.1 Å². The van der Waals surface area contributed by atoms with Crippen molar-refractivity contribution in [1.29, 1.82) is 0 Å². The molecule has 0 radical (unpaired) electrons. The van der Waals surface area contributed by atoms with Gasteiger partial charge in [-0.1, -0.05) is 35.9 Å². The maximum Gasteiger partial charge on any atom is 0.449 e. The molecule has 2 aromatic carbocycles. The highest BCUT2D eigenvalue weighted by Gasteiger charge is 2.38. The quantitative estimate of drug-likeness (QED) is 0.553. The Morgan fingerprint density at radius 3 is 2.52 bits per heavy atom. The van der Waals surface area contributed by atoms with Crippen LogP contribution in [-0.4, -0.2) is 44.5 Å². The molecule has 0 saturated carbocycles. The summed E-state index contributed by atoms with van der Waals surface area (Å²) in [4.78, 5) is 28.8. The summed E-state index contributed by atoms with van der Waals surface area (Å²) >= 11 is 5.96. The molecule has 0 saturated heterocycles. The van der Waals surface area contributed by atoms with Crippen LogP contribution in [0.25, 0.3) is 11.0 Å². The van der Waals surface area contributed by atoms with Crippen molar-refractivity contribution >= 4 is 34.5 Å². The Morgan fingerprint density at radius 1 is 1.10 bits per heavy atom. The number of nitrogens with zero attached hydrogens (tertiary/aromatic N) is 3. The van der Waals surface area contributed by atoms with Crippen molar-refractivity contribution in [1.82, 2.24) is 14.5 Å². The first kappa shape index (κ1) is 22.6. The van der Waals surface area contributed by atoms with Crippen molar-refractivity contribution in [2.24, 2.45) is 0 Å². The Hall–Kier alpha value is -3.07. The number of halogens is 4. The van der Waals surface area contributed by atoms with E-state index in [0.717, 1.165) is 10.1 Å². The molecule has 31 heavy (non-hydrogen) atoms. The Kier molecular flexibility index (Phi) is 6.84. The van der Waals surface area contributed by atoms with Gasteiger partial charge in [-0.3, -0.25) is 9.59 Å². The van der Waals surface area contributed by atoms with Gasteiger partial charge >= 0.3 is 12.1 Å². The van der Waals surface area contributed by atoms with Crippen LogP contribution in [0.2, 0.25) is 5.02 Å². The minimum absolute atomic E-state index is 0.122. The summed E-state index contributed by atoms with van der Waals surface area (Å²) in [5.74, 6) is -2.91. The number of para-hydroxylation sites is 2. The van der Waals surface area contributed by atoms with Crippen LogP contribution in [0.3, 0.4) is 0 Å². The lowest BCUT2D eigenvalue weighted by atomic mass is 10.1. The number of aromatic nitrogens is 2. The third kappa shape index (κ3) is 5.75. The van der Waals surface area contributed by atoms with E-state index in [2.05, 4.69) is 4.98 Å². The van der Waals surface area contributed by atoms with E-state index in [9.17, 15) is 22.8 Å². The number of carbonyl (C=O) groups excluding carboxylic acids is 1. The van der Waals surface area contributed by atoms with E-state index in [1.807, 2.05) is 0 Å². The monoisotopic (exact) mass is 453 g/mol. The molecule has 164 valence electrons. The topological polar surface area (TPSA) is 75.4 Å². The minimum Gasteiger partial charge on any atom is -0.481 e. The summed E-state index contributed by atoms with van der Waals surface area (Å²) in [6.45, 7) is -0.590. The third-order valence-electron chi connectivity index (χ3n) is 4.71. The number of carbonyl (C=O) groups is 2. The highest BCUT2D eigenvalue weighted by atomic mass is 35.5. The second-order valence-electron chi connectivity index (χ2n) is 6.91. The minimum atomic E-state index is -4.74. The molecule has 6 nitrogen and oxygen atoms in total. The molecule has 0 bridgehead atoms. The van der Waals surface area contributed by atoms with Gasteiger partial charge in [-0.25, -0.2) is 4.98 Å². The SMILES string of the molecule is O=C(O)CCN(CCc1cccc(Cl)c1)C(=O)Cn1c(C(F)(F)F)nc2ccccc21. The maximum atomic E-state index is 13.5. The molecule has 1 amide bonds. The predicted molar refractivity (Wildman–Crippen MR) is 109 cm³/mol. The van der Waals surface area contributed by atoms with Crippen molar-refractivity contribution in [2.45, 2.75) is 25.6 Å². The van der Waals surface area contributed by atoms with E-state index < -0.39 is 30.4 Å². The Bertz CT molecular complexity index is 1100. The molecule has 3 aromatic rings. The van der Waals surface area contributed by atoms with Crippen molar-refractivity contribution in [3.63, 3.8) is 0 Å². The Morgan fingerprint density at radius 2 is 1.84 bits per heavy atom. The van der Waals surface area contributed by atoms with E-state index in [4.69, 9.17) is 16.7 Å². The highest BCUT2D eigenvalue weighted by molar-refractivity contribution is 6.30. The summed E-state index contributed by atoms with van der Waals surface area (Å²) in [5.41, 5.74) is 1.12. The molecule has 10 heteroatoms. The van der Waals surface area contributed by atoms with E-state index in [-0.39, 0.29) is 30.5 Å². The summed E-state index contributed by atoms with van der Waals surface area (Å²) in [5, 5.41) is 9.51. The third-order valence-corrected chi connectivity index (χ3v) is 4.94. The molecule has 0 atom stereocenters. The zero-order chi connectivity index (χ0) is 22.6. The van der Waals surface area contributed by atoms with Gasteiger partial charge in [0, 0.05) is 18.1 Å². The van der Waals surface area contributed by atoms with E-state index in [1.54, 1.807) is 36.4 Å². The smallest absolute Gasteiger partial charge is 0.449 e. The second kappa shape index (κ2) is 9.38. The molecule has 0 aliphatic carbocycles.